The quantitative estimate of drug-likeness (QED) is 0.739. The van der Waals surface area contributed by atoms with Crippen molar-refractivity contribution in [2.24, 2.45) is 0 Å². The molecule has 7 nitrogen and oxygen atoms in total. The summed E-state index contributed by atoms with van der Waals surface area (Å²) in [5, 5.41) is 0. The number of hydrogen-bond donors (Lipinski definition) is 0. The van der Waals surface area contributed by atoms with Crippen LogP contribution >= 0.6 is 0 Å². The molecule has 0 amide bonds. The van der Waals surface area contributed by atoms with Gasteiger partial charge in [0.05, 0.1) is 12.0 Å². The highest BCUT2D eigenvalue weighted by atomic mass is 16.5. The molecular weight excluding hydrogens is 390 g/mol. The Balaban J connectivity index is 1.31. The zero-order valence-corrected chi connectivity index (χ0v) is 18.7. The van der Waals surface area contributed by atoms with Crippen LogP contribution < -0.4 is 14.5 Å². The molecule has 2 aromatic rings. The predicted octanol–water partition coefficient (Wildman–Crippen LogP) is 2.85. The number of aryl methyl sites for hydroxylation is 2. The van der Waals surface area contributed by atoms with Crippen molar-refractivity contribution in [3.05, 3.63) is 41.2 Å². The van der Waals surface area contributed by atoms with E-state index in [4.69, 9.17) is 14.7 Å². The van der Waals surface area contributed by atoms with Crippen LogP contribution in [-0.2, 0) is 0 Å². The lowest BCUT2D eigenvalue weighted by atomic mass is 9.82. The second-order valence-corrected chi connectivity index (χ2v) is 9.29. The van der Waals surface area contributed by atoms with Gasteiger partial charge in [-0.1, -0.05) is 11.6 Å². The van der Waals surface area contributed by atoms with Crippen molar-refractivity contribution in [1.82, 2.24) is 14.9 Å². The van der Waals surface area contributed by atoms with E-state index in [0.717, 1.165) is 86.4 Å². The lowest BCUT2D eigenvalue weighted by molar-refractivity contribution is 0.0231. The largest absolute Gasteiger partial charge is 0.486 e. The minimum absolute atomic E-state index is 0.202. The van der Waals surface area contributed by atoms with Crippen molar-refractivity contribution < 1.29 is 9.53 Å². The van der Waals surface area contributed by atoms with Crippen molar-refractivity contribution in [1.29, 1.82) is 0 Å². The zero-order valence-electron chi connectivity index (χ0n) is 18.7. The first-order valence-electron chi connectivity index (χ1n) is 11.3. The third-order valence-electron chi connectivity index (χ3n) is 6.88. The van der Waals surface area contributed by atoms with Crippen LogP contribution in [0.4, 0.5) is 11.6 Å². The van der Waals surface area contributed by atoms with Gasteiger partial charge in [0.1, 0.15) is 28.8 Å². The standard InChI is InChI=1S/C24H31N5O2/c1-17-4-5-21-19(14-17)20(30)16-24(31-21)6-8-28(9-7-24)22-15-23(26-18(2)25-22)29-12-10-27(3)11-13-29/h4-5,14-15H,6-13,16H2,1-3H3. The van der Waals surface area contributed by atoms with E-state index in [1.165, 1.54) is 0 Å². The number of anilines is 2. The molecule has 0 N–H and O–H groups in total. The number of rotatable bonds is 2. The van der Waals surface area contributed by atoms with E-state index < -0.39 is 5.60 Å². The number of aromatic nitrogens is 2. The highest BCUT2D eigenvalue weighted by molar-refractivity contribution is 6.00. The number of ether oxygens (including phenoxy) is 1. The van der Waals surface area contributed by atoms with E-state index in [1.54, 1.807) is 0 Å². The number of fused-ring (bicyclic) bond motifs is 1. The maximum Gasteiger partial charge on any atom is 0.170 e. The molecule has 0 atom stereocenters. The van der Waals surface area contributed by atoms with Crippen LogP contribution in [0, 0.1) is 13.8 Å². The predicted molar refractivity (Wildman–Crippen MR) is 121 cm³/mol. The van der Waals surface area contributed by atoms with Gasteiger partial charge in [-0.2, -0.15) is 0 Å². The number of likely N-dealkylation sites (N-methyl/N-ethyl adjacent to an activating group) is 1. The van der Waals surface area contributed by atoms with Gasteiger partial charge >= 0.3 is 0 Å². The summed E-state index contributed by atoms with van der Waals surface area (Å²) in [4.78, 5) is 29.3. The number of piperazine rings is 1. The number of carbonyl (C=O) groups is 1. The second kappa shape index (κ2) is 7.79. The van der Waals surface area contributed by atoms with Crippen LogP contribution in [0.2, 0.25) is 0 Å². The van der Waals surface area contributed by atoms with E-state index in [2.05, 4.69) is 27.8 Å². The Morgan fingerprint density at radius 2 is 1.55 bits per heavy atom. The molecule has 0 saturated carbocycles. The Labute approximate surface area is 184 Å². The summed E-state index contributed by atoms with van der Waals surface area (Å²) in [6.45, 7) is 9.72. The lowest BCUT2D eigenvalue weighted by Crippen LogP contribution is -2.51. The molecule has 1 aromatic heterocycles. The zero-order chi connectivity index (χ0) is 21.6. The molecule has 3 aliphatic rings. The van der Waals surface area contributed by atoms with Crippen LogP contribution in [0.5, 0.6) is 5.75 Å². The van der Waals surface area contributed by atoms with Gasteiger partial charge in [-0.25, -0.2) is 9.97 Å². The molecule has 164 valence electrons. The highest BCUT2D eigenvalue weighted by Crippen LogP contribution is 2.40. The summed E-state index contributed by atoms with van der Waals surface area (Å²) in [5.74, 6) is 3.75. The molecular formula is C24H31N5O2. The fraction of sp³-hybridized carbons (Fsp3) is 0.542. The SMILES string of the molecule is Cc1ccc2c(c1)C(=O)CC1(CCN(c3cc(N4CCN(C)CC4)nc(C)n3)CC1)O2. The van der Waals surface area contributed by atoms with Gasteiger partial charge in [-0.15, -0.1) is 0 Å². The fourth-order valence-corrected chi connectivity index (χ4v) is 4.93. The summed E-state index contributed by atoms with van der Waals surface area (Å²) in [6, 6.07) is 8.04. The third-order valence-corrected chi connectivity index (χ3v) is 6.88. The summed E-state index contributed by atoms with van der Waals surface area (Å²) >= 11 is 0. The van der Waals surface area contributed by atoms with Crippen LogP contribution in [-0.4, -0.2) is 72.6 Å². The average Bonchev–Trinajstić information content (AvgIpc) is 2.75. The van der Waals surface area contributed by atoms with Gasteiger partial charge < -0.3 is 19.4 Å². The van der Waals surface area contributed by atoms with Crippen LogP contribution in [0.3, 0.4) is 0 Å². The van der Waals surface area contributed by atoms with Crippen molar-refractivity contribution in [2.75, 3.05) is 56.1 Å². The first kappa shape index (κ1) is 20.2. The van der Waals surface area contributed by atoms with Crippen LogP contribution in [0.25, 0.3) is 0 Å². The Bertz CT molecular complexity index is 991. The molecule has 2 fully saturated rings. The molecule has 3 aliphatic heterocycles. The van der Waals surface area contributed by atoms with Crippen LogP contribution in [0.1, 0.15) is 41.0 Å². The third kappa shape index (κ3) is 3.99. The number of carbonyl (C=O) groups excluding carboxylic acids is 1. The molecule has 31 heavy (non-hydrogen) atoms. The number of nitrogens with zero attached hydrogens (tertiary/aromatic N) is 5. The van der Waals surface area contributed by atoms with Crippen molar-refractivity contribution in [2.45, 2.75) is 38.7 Å². The minimum atomic E-state index is -0.391. The molecule has 1 spiro atoms. The van der Waals surface area contributed by atoms with Crippen molar-refractivity contribution in [3.63, 3.8) is 0 Å². The number of benzene rings is 1. The molecule has 4 heterocycles. The summed E-state index contributed by atoms with van der Waals surface area (Å²) < 4.78 is 6.43. The lowest BCUT2D eigenvalue weighted by Gasteiger charge is -2.44. The minimum Gasteiger partial charge on any atom is -0.486 e. The van der Waals surface area contributed by atoms with Gasteiger partial charge in [0.15, 0.2) is 5.78 Å². The van der Waals surface area contributed by atoms with Crippen molar-refractivity contribution >= 4 is 17.4 Å². The second-order valence-electron chi connectivity index (χ2n) is 9.29. The molecule has 5 rings (SSSR count). The first-order chi connectivity index (χ1) is 14.9. The molecule has 0 bridgehead atoms. The summed E-state index contributed by atoms with van der Waals surface area (Å²) in [7, 11) is 2.16. The van der Waals surface area contributed by atoms with Crippen molar-refractivity contribution in [3.8, 4) is 5.75 Å². The highest BCUT2D eigenvalue weighted by Gasteiger charge is 2.43. The average molecular weight is 422 g/mol. The molecule has 0 unspecified atom stereocenters. The number of ketones is 1. The Kier molecular flexibility index (Phi) is 5.08. The first-order valence-corrected chi connectivity index (χ1v) is 11.3. The maximum atomic E-state index is 12.8. The normalized spacial score (nSPS) is 21.2. The van der Waals surface area contributed by atoms with Gasteiger partial charge in [0.2, 0.25) is 0 Å². The molecule has 1 aromatic carbocycles. The van der Waals surface area contributed by atoms with Gasteiger partial charge in [-0.3, -0.25) is 4.79 Å². The molecule has 0 radical (unpaired) electrons. The monoisotopic (exact) mass is 421 g/mol. The van der Waals surface area contributed by atoms with E-state index in [1.807, 2.05) is 32.0 Å². The number of piperidine rings is 1. The van der Waals surface area contributed by atoms with Gasteiger partial charge in [0, 0.05) is 58.2 Å². The molecule has 2 saturated heterocycles. The van der Waals surface area contributed by atoms with E-state index >= 15 is 0 Å². The van der Waals surface area contributed by atoms with E-state index in [-0.39, 0.29) is 5.78 Å². The Morgan fingerprint density at radius 1 is 0.903 bits per heavy atom. The fourth-order valence-electron chi connectivity index (χ4n) is 4.93. The van der Waals surface area contributed by atoms with E-state index in [0.29, 0.717) is 6.42 Å². The Morgan fingerprint density at radius 3 is 2.23 bits per heavy atom. The van der Waals surface area contributed by atoms with Crippen LogP contribution in [0.15, 0.2) is 24.3 Å². The maximum absolute atomic E-state index is 12.8. The summed E-state index contributed by atoms with van der Waals surface area (Å²) in [6.07, 6.45) is 2.10. The molecule has 0 aliphatic carbocycles. The van der Waals surface area contributed by atoms with E-state index in [9.17, 15) is 4.79 Å². The Hall–Kier alpha value is -2.67. The smallest absolute Gasteiger partial charge is 0.170 e. The number of Topliss-reactive ketones (excluding diaryl/α,β-unsaturated/α-hetero) is 1. The molecule has 7 heteroatoms. The van der Waals surface area contributed by atoms with Gasteiger partial charge in [-0.05, 0) is 33.0 Å². The number of hydrogen-bond acceptors (Lipinski definition) is 7. The van der Waals surface area contributed by atoms with Gasteiger partial charge in [0.25, 0.3) is 0 Å². The topological polar surface area (TPSA) is 61.8 Å². The summed E-state index contributed by atoms with van der Waals surface area (Å²) in [5.41, 5.74) is 1.44.